The molecule has 6 nitrogen and oxygen atoms in total. The van der Waals surface area contributed by atoms with Crippen molar-refractivity contribution in [1.29, 1.82) is 0 Å². The van der Waals surface area contributed by atoms with Crippen molar-refractivity contribution in [3.8, 4) is 5.88 Å². The molecule has 0 fully saturated rings. The number of ether oxygens (including phenoxy) is 1. The van der Waals surface area contributed by atoms with Crippen molar-refractivity contribution in [1.82, 2.24) is 19.5 Å². The van der Waals surface area contributed by atoms with E-state index in [2.05, 4.69) is 33.3 Å². The van der Waals surface area contributed by atoms with Crippen LogP contribution >= 0.6 is 0 Å². The second-order valence-electron chi connectivity index (χ2n) is 5.27. The Kier molecular flexibility index (Phi) is 5.05. The second kappa shape index (κ2) is 7.59. The molecule has 0 aliphatic heterocycles. The monoisotopic (exact) mass is 323 g/mol. The topological polar surface area (TPSA) is 64.9 Å². The molecule has 0 bridgehead atoms. The number of unbranched alkanes of at least 4 members (excludes halogenated alkanes) is 1. The lowest BCUT2D eigenvalue weighted by Gasteiger charge is -2.08. The van der Waals surface area contributed by atoms with E-state index in [1.54, 1.807) is 6.33 Å². The van der Waals surface area contributed by atoms with Gasteiger partial charge in [-0.15, -0.1) is 0 Å². The molecule has 0 spiro atoms. The van der Waals surface area contributed by atoms with Crippen molar-refractivity contribution in [3.63, 3.8) is 0 Å². The number of nitrogens with one attached hydrogen (secondary N) is 1. The Bertz CT molecular complexity index is 826. The van der Waals surface area contributed by atoms with Crippen LogP contribution in [0.2, 0.25) is 0 Å². The number of aromatic nitrogens is 4. The summed E-state index contributed by atoms with van der Waals surface area (Å²) < 4.78 is 7.54. The van der Waals surface area contributed by atoms with Crippen molar-refractivity contribution in [3.05, 3.63) is 42.7 Å². The molecular weight excluding hydrogens is 302 g/mol. The smallest absolute Gasteiger partial charge is 0.247 e. The molecule has 3 aromatic rings. The van der Waals surface area contributed by atoms with Gasteiger partial charge in [-0.2, -0.15) is 9.97 Å². The Morgan fingerprint density at radius 2 is 2.00 bits per heavy atom. The lowest BCUT2D eigenvalue weighted by atomic mass is 10.3. The maximum atomic E-state index is 5.65. The van der Waals surface area contributed by atoms with E-state index < -0.39 is 0 Å². The zero-order valence-corrected chi connectivity index (χ0v) is 13.9. The Morgan fingerprint density at radius 3 is 2.75 bits per heavy atom. The third-order valence-electron chi connectivity index (χ3n) is 3.42. The fourth-order valence-electron chi connectivity index (χ4n) is 2.30. The highest BCUT2D eigenvalue weighted by molar-refractivity contribution is 5.80. The van der Waals surface area contributed by atoms with E-state index in [1.807, 2.05) is 48.0 Å². The number of hydrogen-bond acceptors (Lipinski definition) is 5. The molecule has 6 heteroatoms. The van der Waals surface area contributed by atoms with E-state index in [0.29, 0.717) is 24.0 Å². The number of imidazole rings is 1. The fourth-order valence-corrected chi connectivity index (χ4v) is 2.30. The zero-order chi connectivity index (χ0) is 16.8. The lowest BCUT2D eigenvalue weighted by molar-refractivity contribution is 0.330. The predicted molar refractivity (Wildman–Crippen MR) is 96.5 cm³/mol. The van der Waals surface area contributed by atoms with Gasteiger partial charge in [0.15, 0.2) is 11.2 Å². The molecule has 124 valence electrons. The van der Waals surface area contributed by atoms with Crippen molar-refractivity contribution in [2.75, 3.05) is 11.9 Å². The second-order valence-corrected chi connectivity index (χ2v) is 5.27. The van der Waals surface area contributed by atoms with Gasteiger partial charge < -0.3 is 10.1 Å². The average Bonchev–Trinajstić information content (AvgIpc) is 3.00. The summed E-state index contributed by atoms with van der Waals surface area (Å²) >= 11 is 0. The summed E-state index contributed by atoms with van der Waals surface area (Å²) in [5, 5.41) is 3.21. The van der Waals surface area contributed by atoms with Crippen LogP contribution in [0.3, 0.4) is 0 Å². The normalized spacial score (nSPS) is 11.2. The molecule has 0 amide bonds. The van der Waals surface area contributed by atoms with Gasteiger partial charge in [0.05, 0.1) is 6.61 Å². The van der Waals surface area contributed by atoms with E-state index in [-0.39, 0.29) is 0 Å². The van der Waals surface area contributed by atoms with Gasteiger partial charge >= 0.3 is 0 Å². The first-order chi connectivity index (χ1) is 11.8. The van der Waals surface area contributed by atoms with Crippen LogP contribution in [-0.4, -0.2) is 26.1 Å². The van der Waals surface area contributed by atoms with Crippen molar-refractivity contribution < 1.29 is 4.74 Å². The molecule has 0 radical (unpaired) electrons. The molecule has 1 N–H and O–H groups in total. The third kappa shape index (κ3) is 3.53. The van der Waals surface area contributed by atoms with E-state index >= 15 is 0 Å². The van der Waals surface area contributed by atoms with Gasteiger partial charge in [-0.1, -0.05) is 37.6 Å². The maximum absolute atomic E-state index is 5.65. The number of para-hydroxylation sites is 1. The molecular formula is C18H21N5O. The highest BCUT2D eigenvalue weighted by Crippen LogP contribution is 2.24. The van der Waals surface area contributed by atoms with Gasteiger partial charge in [0.1, 0.15) is 6.33 Å². The fraction of sp³-hybridized carbons (Fsp3) is 0.278. The predicted octanol–water partition coefficient (Wildman–Crippen LogP) is 4.24. The standard InChI is InChI=1S/C18H21N5O/c1-3-5-9-12-23-13-19-15-16(23)21-18(22-17(15)24-4-2)20-14-10-7-6-8-11-14/h6-13H,3-5H2,1-2H3,(H,20,21,22). The molecule has 0 unspecified atom stereocenters. The maximum Gasteiger partial charge on any atom is 0.247 e. The SMILES string of the molecule is CCCC=Cn1cnc2c(OCC)nc(Nc3ccccc3)nc21. The minimum Gasteiger partial charge on any atom is -0.476 e. The number of allylic oxidation sites excluding steroid dienone is 1. The summed E-state index contributed by atoms with van der Waals surface area (Å²) in [5.74, 6) is 0.978. The van der Waals surface area contributed by atoms with Crippen LogP contribution in [0.1, 0.15) is 26.7 Å². The molecule has 2 heterocycles. The van der Waals surface area contributed by atoms with Gasteiger partial charge in [0.2, 0.25) is 11.8 Å². The van der Waals surface area contributed by atoms with Crippen LogP contribution in [0.25, 0.3) is 17.4 Å². The minimum absolute atomic E-state index is 0.489. The molecule has 0 aliphatic rings. The Hall–Kier alpha value is -2.89. The van der Waals surface area contributed by atoms with Crippen LogP contribution in [0.15, 0.2) is 42.7 Å². The van der Waals surface area contributed by atoms with Crippen LogP contribution in [0.5, 0.6) is 5.88 Å². The number of hydrogen-bond donors (Lipinski definition) is 1. The zero-order valence-electron chi connectivity index (χ0n) is 13.9. The molecule has 24 heavy (non-hydrogen) atoms. The quantitative estimate of drug-likeness (QED) is 0.704. The molecule has 2 aromatic heterocycles. The van der Waals surface area contributed by atoms with Gasteiger partial charge in [0, 0.05) is 11.9 Å². The van der Waals surface area contributed by atoms with E-state index in [1.165, 1.54) is 0 Å². The first kappa shape index (κ1) is 16.0. The van der Waals surface area contributed by atoms with E-state index in [0.717, 1.165) is 24.2 Å². The first-order valence-corrected chi connectivity index (χ1v) is 8.18. The van der Waals surface area contributed by atoms with Crippen LogP contribution in [-0.2, 0) is 0 Å². The van der Waals surface area contributed by atoms with Gasteiger partial charge in [-0.25, -0.2) is 4.98 Å². The number of benzene rings is 1. The Labute approximate surface area is 141 Å². The van der Waals surface area contributed by atoms with Crippen LogP contribution < -0.4 is 10.1 Å². The minimum atomic E-state index is 0.489. The molecule has 1 aromatic carbocycles. The van der Waals surface area contributed by atoms with Crippen molar-refractivity contribution in [2.24, 2.45) is 0 Å². The number of rotatable bonds is 7. The largest absolute Gasteiger partial charge is 0.476 e. The lowest BCUT2D eigenvalue weighted by Crippen LogP contribution is -2.03. The summed E-state index contributed by atoms with van der Waals surface area (Å²) in [6.45, 7) is 4.60. The first-order valence-electron chi connectivity index (χ1n) is 8.18. The number of anilines is 2. The Balaban J connectivity index is 2.01. The molecule has 0 aliphatic carbocycles. The average molecular weight is 323 g/mol. The summed E-state index contributed by atoms with van der Waals surface area (Å²) in [4.78, 5) is 13.4. The summed E-state index contributed by atoms with van der Waals surface area (Å²) in [5.41, 5.74) is 2.31. The highest BCUT2D eigenvalue weighted by Gasteiger charge is 2.13. The summed E-state index contributed by atoms with van der Waals surface area (Å²) in [6.07, 6.45) is 7.93. The van der Waals surface area contributed by atoms with Gasteiger partial charge in [0.25, 0.3) is 0 Å². The summed E-state index contributed by atoms with van der Waals surface area (Å²) in [7, 11) is 0. The molecule has 0 atom stereocenters. The Morgan fingerprint density at radius 1 is 1.17 bits per heavy atom. The van der Waals surface area contributed by atoms with Crippen LogP contribution in [0, 0.1) is 0 Å². The summed E-state index contributed by atoms with van der Waals surface area (Å²) in [6, 6.07) is 9.82. The van der Waals surface area contributed by atoms with Gasteiger partial charge in [-0.05, 0) is 25.5 Å². The van der Waals surface area contributed by atoms with E-state index in [4.69, 9.17) is 4.74 Å². The third-order valence-corrected chi connectivity index (χ3v) is 3.42. The molecule has 0 saturated carbocycles. The number of fused-ring (bicyclic) bond motifs is 1. The molecule has 3 rings (SSSR count). The number of nitrogens with zero attached hydrogens (tertiary/aromatic N) is 4. The van der Waals surface area contributed by atoms with Crippen molar-refractivity contribution >= 4 is 29.0 Å². The highest BCUT2D eigenvalue weighted by atomic mass is 16.5. The van der Waals surface area contributed by atoms with E-state index in [9.17, 15) is 0 Å². The van der Waals surface area contributed by atoms with Crippen molar-refractivity contribution in [2.45, 2.75) is 26.7 Å². The van der Waals surface area contributed by atoms with Crippen LogP contribution in [0.4, 0.5) is 11.6 Å². The van der Waals surface area contributed by atoms with Gasteiger partial charge in [-0.3, -0.25) is 4.57 Å². The molecule has 0 saturated heterocycles.